The molecule has 1 fully saturated rings. The quantitative estimate of drug-likeness (QED) is 0.829. The molecule has 1 saturated carbocycles. The lowest BCUT2D eigenvalue weighted by molar-refractivity contribution is 0.0696. The number of carboxylic acids is 1. The number of carbonyl (C=O) groups is 1. The molecule has 122 valence electrons. The van der Waals surface area contributed by atoms with Gasteiger partial charge < -0.3 is 15.3 Å². The van der Waals surface area contributed by atoms with Crippen LogP contribution in [0.15, 0.2) is 16.6 Å². The summed E-state index contributed by atoms with van der Waals surface area (Å²) in [5.74, 6) is -0.866. The predicted octanol–water partition coefficient (Wildman–Crippen LogP) is 3.81. The lowest BCUT2D eigenvalue weighted by atomic mass is 9.89. The van der Waals surface area contributed by atoms with Gasteiger partial charge in [0.15, 0.2) is 0 Å². The number of benzene rings is 1. The van der Waals surface area contributed by atoms with Crippen LogP contribution in [0.3, 0.4) is 0 Å². The van der Waals surface area contributed by atoms with Crippen molar-refractivity contribution < 1.29 is 9.90 Å². The summed E-state index contributed by atoms with van der Waals surface area (Å²) in [6, 6.07) is 4.85. The van der Waals surface area contributed by atoms with Crippen molar-refractivity contribution in [2.45, 2.75) is 51.6 Å². The zero-order valence-corrected chi connectivity index (χ0v) is 15.1. The Hall–Kier alpha value is -1.07. The molecule has 22 heavy (non-hydrogen) atoms. The first-order valence-electron chi connectivity index (χ1n) is 7.95. The van der Waals surface area contributed by atoms with Crippen molar-refractivity contribution in [3.05, 3.63) is 27.7 Å². The molecule has 1 aromatic rings. The standard InChI is InChI=1S/C17H25BrN2O2/c1-4-20(14-7-5-13(19-3)6-8-14)16-10-12(18)9-15(11(16)2)17(21)22/h9-10,13-14,19H,4-8H2,1-3H3,(H,21,22). The highest BCUT2D eigenvalue weighted by Crippen LogP contribution is 2.33. The van der Waals surface area contributed by atoms with Gasteiger partial charge >= 0.3 is 5.97 Å². The Bertz CT molecular complexity index is 540. The van der Waals surface area contributed by atoms with Gasteiger partial charge in [0.2, 0.25) is 0 Å². The largest absolute Gasteiger partial charge is 0.478 e. The molecule has 0 radical (unpaired) electrons. The van der Waals surface area contributed by atoms with Crippen LogP contribution in [-0.4, -0.2) is 36.8 Å². The maximum Gasteiger partial charge on any atom is 0.336 e. The van der Waals surface area contributed by atoms with Gasteiger partial charge in [-0.2, -0.15) is 0 Å². The zero-order chi connectivity index (χ0) is 16.3. The first-order chi connectivity index (χ1) is 10.5. The number of nitrogens with one attached hydrogen (secondary N) is 1. The minimum absolute atomic E-state index is 0.381. The fraction of sp³-hybridized carbons (Fsp3) is 0.588. The van der Waals surface area contributed by atoms with Gasteiger partial charge in [-0.05, 0) is 64.3 Å². The number of carboxylic acid groups (broad SMARTS) is 1. The third-order valence-electron chi connectivity index (χ3n) is 4.77. The van der Waals surface area contributed by atoms with Crippen molar-refractivity contribution in [3.8, 4) is 0 Å². The first-order valence-corrected chi connectivity index (χ1v) is 8.74. The monoisotopic (exact) mass is 368 g/mol. The highest BCUT2D eigenvalue weighted by Gasteiger charge is 2.26. The molecule has 5 heteroatoms. The van der Waals surface area contributed by atoms with Crippen LogP contribution in [0.5, 0.6) is 0 Å². The Balaban J connectivity index is 2.30. The van der Waals surface area contributed by atoms with Crippen LogP contribution >= 0.6 is 15.9 Å². The van der Waals surface area contributed by atoms with Crippen LogP contribution in [-0.2, 0) is 0 Å². The molecule has 0 aliphatic heterocycles. The Morgan fingerprint density at radius 2 is 2.00 bits per heavy atom. The first kappa shape index (κ1) is 17.3. The smallest absolute Gasteiger partial charge is 0.336 e. The topological polar surface area (TPSA) is 52.6 Å². The van der Waals surface area contributed by atoms with Crippen LogP contribution < -0.4 is 10.2 Å². The van der Waals surface area contributed by atoms with Crippen molar-refractivity contribution >= 4 is 27.6 Å². The lowest BCUT2D eigenvalue weighted by Gasteiger charge is -2.38. The van der Waals surface area contributed by atoms with Gasteiger partial charge in [0.05, 0.1) is 5.56 Å². The molecule has 0 aromatic heterocycles. The number of hydrogen-bond acceptors (Lipinski definition) is 3. The van der Waals surface area contributed by atoms with Gasteiger partial charge in [-0.25, -0.2) is 4.79 Å². The Labute approximate surface area is 141 Å². The van der Waals surface area contributed by atoms with E-state index in [1.807, 2.05) is 14.0 Å². The summed E-state index contributed by atoms with van der Waals surface area (Å²) in [6.07, 6.45) is 4.65. The van der Waals surface area contributed by atoms with Crippen LogP contribution in [0, 0.1) is 6.92 Å². The average Bonchev–Trinajstić information content (AvgIpc) is 2.51. The van der Waals surface area contributed by atoms with E-state index in [9.17, 15) is 9.90 Å². The third-order valence-corrected chi connectivity index (χ3v) is 5.23. The summed E-state index contributed by atoms with van der Waals surface area (Å²) < 4.78 is 0.827. The molecule has 0 atom stereocenters. The number of hydrogen-bond donors (Lipinski definition) is 2. The van der Waals surface area contributed by atoms with Crippen molar-refractivity contribution in [3.63, 3.8) is 0 Å². The molecule has 1 aliphatic carbocycles. The van der Waals surface area contributed by atoms with Crippen LogP contribution in [0.4, 0.5) is 5.69 Å². The summed E-state index contributed by atoms with van der Waals surface area (Å²) >= 11 is 3.46. The SMILES string of the molecule is CCN(c1cc(Br)cc(C(=O)O)c1C)C1CCC(NC)CC1. The molecule has 0 bridgehead atoms. The second-order valence-electron chi connectivity index (χ2n) is 5.98. The average molecular weight is 369 g/mol. The van der Waals surface area contributed by atoms with Crippen LogP contribution in [0.1, 0.15) is 48.5 Å². The number of aromatic carboxylic acids is 1. The predicted molar refractivity (Wildman–Crippen MR) is 94.0 cm³/mol. The number of halogens is 1. The van der Waals surface area contributed by atoms with Gasteiger partial charge in [-0.1, -0.05) is 15.9 Å². The maximum absolute atomic E-state index is 11.4. The Morgan fingerprint density at radius 1 is 1.36 bits per heavy atom. The van der Waals surface area contributed by atoms with E-state index in [1.54, 1.807) is 6.07 Å². The molecule has 0 heterocycles. The molecule has 1 aliphatic rings. The highest BCUT2D eigenvalue weighted by molar-refractivity contribution is 9.10. The highest BCUT2D eigenvalue weighted by atomic mass is 79.9. The maximum atomic E-state index is 11.4. The van der Waals surface area contributed by atoms with E-state index >= 15 is 0 Å². The minimum atomic E-state index is -0.866. The van der Waals surface area contributed by atoms with Crippen LogP contribution in [0.25, 0.3) is 0 Å². The van der Waals surface area contributed by atoms with Gasteiger partial charge in [-0.15, -0.1) is 0 Å². The molecule has 1 aromatic carbocycles. The fourth-order valence-corrected chi connectivity index (χ4v) is 3.93. The van der Waals surface area contributed by atoms with Crippen molar-refractivity contribution in [1.82, 2.24) is 5.32 Å². The van der Waals surface area contributed by atoms with Crippen molar-refractivity contribution in [2.75, 3.05) is 18.5 Å². The fourth-order valence-electron chi connectivity index (χ4n) is 3.49. The number of rotatable bonds is 5. The number of nitrogens with zero attached hydrogens (tertiary/aromatic N) is 1. The van der Waals surface area contributed by atoms with Crippen molar-refractivity contribution in [1.29, 1.82) is 0 Å². The molecule has 4 nitrogen and oxygen atoms in total. The second-order valence-corrected chi connectivity index (χ2v) is 6.90. The molecular weight excluding hydrogens is 344 g/mol. The van der Waals surface area contributed by atoms with E-state index in [4.69, 9.17) is 0 Å². The molecule has 2 N–H and O–H groups in total. The van der Waals surface area contributed by atoms with E-state index < -0.39 is 5.97 Å². The minimum Gasteiger partial charge on any atom is -0.478 e. The molecule has 0 amide bonds. The van der Waals surface area contributed by atoms with E-state index in [0.717, 1.165) is 35.1 Å². The van der Waals surface area contributed by atoms with Gasteiger partial charge in [-0.3, -0.25) is 0 Å². The van der Waals surface area contributed by atoms with E-state index in [-0.39, 0.29) is 0 Å². The Kier molecular flexibility index (Phi) is 5.87. The Morgan fingerprint density at radius 3 is 2.50 bits per heavy atom. The molecule has 0 saturated heterocycles. The lowest BCUT2D eigenvalue weighted by Crippen LogP contribution is -2.42. The molecule has 2 rings (SSSR count). The number of anilines is 1. The normalized spacial score (nSPS) is 21.6. The van der Waals surface area contributed by atoms with E-state index in [1.165, 1.54) is 12.8 Å². The molecular formula is C17H25BrN2O2. The summed E-state index contributed by atoms with van der Waals surface area (Å²) in [5, 5.41) is 12.8. The molecule has 0 spiro atoms. The second kappa shape index (κ2) is 7.47. The zero-order valence-electron chi connectivity index (χ0n) is 13.5. The van der Waals surface area contributed by atoms with E-state index in [0.29, 0.717) is 17.6 Å². The third kappa shape index (κ3) is 3.63. The van der Waals surface area contributed by atoms with E-state index in [2.05, 4.69) is 39.1 Å². The van der Waals surface area contributed by atoms with Crippen LogP contribution in [0.2, 0.25) is 0 Å². The summed E-state index contributed by atoms with van der Waals surface area (Å²) in [7, 11) is 2.03. The summed E-state index contributed by atoms with van der Waals surface area (Å²) in [5.41, 5.74) is 2.28. The summed E-state index contributed by atoms with van der Waals surface area (Å²) in [6.45, 7) is 4.95. The van der Waals surface area contributed by atoms with Crippen molar-refractivity contribution in [2.24, 2.45) is 0 Å². The van der Waals surface area contributed by atoms with Gasteiger partial charge in [0.1, 0.15) is 0 Å². The van der Waals surface area contributed by atoms with Gasteiger partial charge in [0, 0.05) is 28.8 Å². The summed E-state index contributed by atoms with van der Waals surface area (Å²) in [4.78, 5) is 13.8. The van der Waals surface area contributed by atoms with Gasteiger partial charge in [0.25, 0.3) is 0 Å². The molecule has 0 unspecified atom stereocenters.